The van der Waals surface area contributed by atoms with Crippen LogP contribution in [0.25, 0.3) is 0 Å². The predicted molar refractivity (Wildman–Crippen MR) is 125 cm³/mol. The molecule has 2 heterocycles. The zero-order valence-corrected chi connectivity index (χ0v) is 20.0. The molecule has 0 bridgehead atoms. The zero-order valence-electron chi connectivity index (χ0n) is 19.3. The number of nitrogens with one attached hydrogen (secondary N) is 1. The highest BCUT2D eigenvalue weighted by molar-refractivity contribution is 6.30. The van der Waals surface area contributed by atoms with Crippen molar-refractivity contribution in [2.24, 2.45) is 5.92 Å². The summed E-state index contributed by atoms with van der Waals surface area (Å²) < 4.78 is 5.63. The molecule has 1 saturated carbocycles. The van der Waals surface area contributed by atoms with Gasteiger partial charge in [0.15, 0.2) is 0 Å². The van der Waals surface area contributed by atoms with Crippen LogP contribution in [-0.2, 0) is 4.74 Å². The van der Waals surface area contributed by atoms with Crippen molar-refractivity contribution < 1.29 is 9.53 Å². The first-order valence-electron chi connectivity index (χ1n) is 11.7. The molecule has 3 aliphatic rings. The van der Waals surface area contributed by atoms with E-state index in [4.69, 9.17) is 16.3 Å². The van der Waals surface area contributed by atoms with E-state index in [2.05, 4.69) is 29.5 Å². The molecule has 1 aromatic carbocycles. The minimum Gasteiger partial charge on any atom is -0.444 e. The largest absolute Gasteiger partial charge is 0.444 e. The average Bonchev–Trinajstić information content (AvgIpc) is 2.93. The maximum atomic E-state index is 12.7. The van der Waals surface area contributed by atoms with E-state index in [1.165, 1.54) is 42.5 Å². The second kappa shape index (κ2) is 9.03. The molecule has 1 aromatic rings. The summed E-state index contributed by atoms with van der Waals surface area (Å²) >= 11 is 6.19. The molecule has 0 spiro atoms. The fraction of sp³-hybridized carbons (Fsp3) is 0.640. The standard InChI is InChI=1S/C25H36ClN3O2/c1-17-5-11-20(12-6-17)29-23(18-7-9-19(26)10-8-18)21-13-15-28(16-14-22(21)27-29)24(30)31-25(2,3)4/h7-10,17,20,23,27H,5-6,11-16H2,1-4H3. The Hall–Kier alpha value is -1.72. The quantitative estimate of drug-likeness (QED) is 0.600. The minimum atomic E-state index is -0.474. The molecular formula is C25H36ClN3O2. The Labute approximate surface area is 191 Å². The number of ether oxygens (including phenoxy) is 1. The van der Waals surface area contributed by atoms with Gasteiger partial charge < -0.3 is 15.1 Å². The van der Waals surface area contributed by atoms with Gasteiger partial charge in [-0.2, -0.15) is 0 Å². The van der Waals surface area contributed by atoms with Gasteiger partial charge in [0.25, 0.3) is 0 Å². The molecule has 0 radical (unpaired) electrons. The van der Waals surface area contributed by atoms with Crippen LogP contribution in [0, 0.1) is 5.92 Å². The van der Waals surface area contributed by atoms with Crippen molar-refractivity contribution in [3.63, 3.8) is 0 Å². The fourth-order valence-corrected chi connectivity index (χ4v) is 5.21. The van der Waals surface area contributed by atoms with E-state index in [9.17, 15) is 4.79 Å². The second-order valence-corrected chi connectivity index (χ2v) is 10.8. The number of carbonyl (C=O) groups excluding carboxylic acids is 1. The van der Waals surface area contributed by atoms with Gasteiger partial charge in [-0.3, -0.25) is 0 Å². The molecule has 0 aromatic heterocycles. The van der Waals surface area contributed by atoms with Gasteiger partial charge in [-0.25, -0.2) is 9.80 Å². The van der Waals surface area contributed by atoms with Gasteiger partial charge in [0, 0.05) is 36.3 Å². The number of hydrazine groups is 1. The summed E-state index contributed by atoms with van der Waals surface area (Å²) in [6.07, 6.45) is 6.49. The average molecular weight is 446 g/mol. The Balaban J connectivity index is 1.55. The van der Waals surface area contributed by atoms with Gasteiger partial charge >= 0.3 is 6.09 Å². The third kappa shape index (κ3) is 5.20. The van der Waals surface area contributed by atoms with Gasteiger partial charge in [0.1, 0.15) is 5.60 Å². The van der Waals surface area contributed by atoms with Gasteiger partial charge in [0.05, 0.1) is 6.04 Å². The molecule has 2 aliphatic heterocycles. The first kappa shape index (κ1) is 22.5. The van der Waals surface area contributed by atoms with Crippen LogP contribution in [0.15, 0.2) is 35.5 Å². The number of carbonyl (C=O) groups is 1. The number of hydrogen-bond donors (Lipinski definition) is 1. The van der Waals surface area contributed by atoms with Crippen LogP contribution in [0.1, 0.15) is 77.8 Å². The Morgan fingerprint density at radius 2 is 1.71 bits per heavy atom. The molecule has 31 heavy (non-hydrogen) atoms. The summed E-state index contributed by atoms with van der Waals surface area (Å²) in [5.41, 5.74) is 7.28. The van der Waals surface area contributed by atoms with Gasteiger partial charge in [-0.05, 0) is 82.1 Å². The minimum absolute atomic E-state index is 0.198. The third-order valence-corrected chi connectivity index (χ3v) is 7.01. The normalized spacial score (nSPS) is 27.5. The number of halogens is 1. The number of rotatable bonds is 2. The van der Waals surface area contributed by atoms with Crippen LogP contribution < -0.4 is 5.43 Å². The lowest BCUT2D eigenvalue weighted by molar-refractivity contribution is 0.0247. The summed E-state index contributed by atoms with van der Waals surface area (Å²) in [7, 11) is 0. The zero-order chi connectivity index (χ0) is 22.2. The SMILES string of the molecule is CC1CCC(N2NC3=C(CCN(C(=O)OC(C)(C)C)CC3)C2c2ccc(Cl)cc2)CC1. The molecule has 1 fully saturated rings. The maximum Gasteiger partial charge on any atom is 0.410 e. The van der Waals surface area contributed by atoms with Crippen LogP contribution in [-0.4, -0.2) is 40.7 Å². The lowest BCUT2D eigenvalue weighted by atomic mass is 9.85. The molecule has 0 saturated heterocycles. The van der Waals surface area contributed by atoms with Crippen molar-refractivity contribution in [1.29, 1.82) is 0 Å². The van der Waals surface area contributed by atoms with Gasteiger partial charge in [0.2, 0.25) is 0 Å². The van der Waals surface area contributed by atoms with Crippen LogP contribution in [0.3, 0.4) is 0 Å². The highest BCUT2D eigenvalue weighted by Crippen LogP contribution is 2.42. The van der Waals surface area contributed by atoms with Gasteiger partial charge in [-0.15, -0.1) is 0 Å². The molecule has 1 atom stereocenters. The molecule has 6 heteroatoms. The van der Waals surface area contributed by atoms with E-state index >= 15 is 0 Å². The molecule has 4 rings (SSSR count). The van der Waals surface area contributed by atoms with Crippen molar-refractivity contribution in [3.05, 3.63) is 46.1 Å². The van der Waals surface area contributed by atoms with E-state index in [0.29, 0.717) is 19.1 Å². The van der Waals surface area contributed by atoms with E-state index in [1.54, 1.807) is 0 Å². The highest BCUT2D eigenvalue weighted by atomic mass is 35.5. The topological polar surface area (TPSA) is 44.8 Å². The highest BCUT2D eigenvalue weighted by Gasteiger charge is 2.40. The summed E-state index contributed by atoms with van der Waals surface area (Å²) in [6.45, 7) is 9.49. The van der Waals surface area contributed by atoms with Crippen molar-refractivity contribution in [2.45, 2.75) is 83.9 Å². The summed E-state index contributed by atoms with van der Waals surface area (Å²) in [5.74, 6) is 0.820. The van der Waals surface area contributed by atoms with Crippen LogP contribution in [0.5, 0.6) is 0 Å². The maximum absolute atomic E-state index is 12.7. The van der Waals surface area contributed by atoms with Crippen molar-refractivity contribution >= 4 is 17.7 Å². The van der Waals surface area contributed by atoms with E-state index in [1.807, 2.05) is 37.8 Å². The number of hydrogen-bond acceptors (Lipinski definition) is 4. The smallest absolute Gasteiger partial charge is 0.410 e. The lowest BCUT2D eigenvalue weighted by Crippen LogP contribution is -2.45. The summed E-state index contributed by atoms with van der Waals surface area (Å²) in [5, 5.41) is 3.27. The first-order valence-corrected chi connectivity index (χ1v) is 12.1. The molecule has 1 amide bonds. The Kier molecular flexibility index (Phi) is 6.55. The summed E-state index contributed by atoms with van der Waals surface area (Å²) in [4.78, 5) is 14.5. The molecule has 1 unspecified atom stereocenters. The van der Waals surface area contributed by atoms with Gasteiger partial charge in [-0.1, -0.05) is 30.7 Å². The Morgan fingerprint density at radius 1 is 1.06 bits per heavy atom. The van der Waals surface area contributed by atoms with Crippen molar-refractivity contribution in [1.82, 2.24) is 15.3 Å². The molecule has 1 N–H and O–H groups in total. The third-order valence-electron chi connectivity index (χ3n) is 6.76. The van der Waals surface area contributed by atoms with Crippen LogP contribution >= 0.6 is 11.6 Å². The monoisotopic (exact) mass is 445 g/mol. The van der Waals surface area contributed by atoms with E-state index in [0.717, 1.165) is 23.8 Å². The molecule has 170 valence electrons. The summed E-state index contributed by atoms with van der Waals surface area (Å²) in [6, 6.07) is 9.01. The number of nitrogens with zero attached hydrogens (tertiary/aromatic N) is 2. The fourth-order valence-electron chi connectivity index (χ4n) is 5.08. The predicted octanol–water partition coefficient (Wildman–Crippen LogP) is 6.07. The van der Waals surface area contributed by atoms with Crippen molar-refractivity contribution in [2.75, 3.05) is 13.1 Å². The Bertz CT molecular complexity index is 822. The van der Waals surface area contributed by atoms with E-state index < -0.39 is 5.60 Å². The number of amides is 1. The second-order valence-electron chi connectivity index (χ2n) is 10.4. The molecule has 1 aliphatic carbocycles. The van der Waals surface area contributed by atoms with Crippen LogP contribution in [0.2, 0.25) is 5.02 Å². The van der Waals surface area contributed by atoms with Crippen molar-refractivity contribution in [3.8, 4) is 0 Å². The lowest BCUT2D eigenvalue weighted by Gasteiger charge is -2.38. The Morgan fingerprint density at radius 3 is 2.35 bits per heavy atom. The molecular weight excluding hydrogens is 410 g/mol. The number of benzene rings is 1. The first-order chi connectivity index (χ1) is 14.7. The molecule has 5 nitrogen and oxygen atoms in total. The van der Waals surface area contributed by atoms with Crippen LogP contribution in [0.4, 0.5) is 4.79 Å². The van der Waals surface area contributed by atoms with E-state index in [-0.39, 0.29) is 12.1 Å².